The van der Waals surface area contributed by atoms with Crippen molar-refractivity contribution in [3.05, 3.63) is 58.3 Å². The van der Waals surface area contributed by atoms with Crippen LogP contribution in [0.2, 0.25) is 0 Å². The quantitative estimate of drug-likeness (QED) is 0.395. The molecule has 0 spiro atoms. The van der Waals surface area contributed by atoms with Crippen molar-refractivity contribution < 1.29 is 24.5 Å². The van der Waals surface area contributed by atoms with Gasteiger partial charge in [0.2, 0.25) is 0 Å². The normalized spacial score (nSPS) is 14.9. The second-order valence-electron chi connectivity index (χ2n) is 8.80. The minimum atomic E-state index is -0.461. The molecule has 0 bridgehead atoms. The molecule has 0 fully saturated rings. The Hall–Kier alpha value is -3.52. The summed E-state index contributed by atoms with van der Waals surface area (Å²) in [7, 11) is 0. The first-order valence-electron chi connectivity index (χ1n) is 12.1. The highest BCUT2D eigenvalue weighted by Crippen LogP contribution is 2.46. The fourth-order valence-electron chi connectivity index (χ4n) is 4.75. The molecule has 1 aromatic heterocycles. The molecule has 1 atom stereocenters. The van der Waals surface area contributed by atoms with Crippen LogP contribution in [-0.2, 0) is 0 Å². The number of nitrogens with one attached hydrogen (secondary N) is 1. The van der Waals surface area contributed by atoms with E-state index < -0.39 is 6.04 Å². The number of hydrogen-bond donors (Lipinski definition) is 3. The predicted octanol–water partition coefficient (Wildman–Crippen LogP) is 4.51. The molecule has 35 heavy (non-hydrogen) atoms. The smallest absolute Gasteiger partial charge is 0.273 e. The number of nitrogens with zero attached hydrogens (tertiary/aromatic N) is 2. The number of carbonyl (C=O) groups is 1. The van der Waals surface area contributed by atoms with Gasteiger partial charge in [-0.15, -0.1) is 0 Å². The molecule has 0 radical (unpaired) electrons. The summed E-state index contributed by atoms with van der Waals surface area (Å²) >= 11 is 0. The maximum absolute atomic E-state index is 13.4. The minimum Gasteiger partial charge on any atom is -0.507 e. The number of aryl methyl sites for hydroxylation is 2. The number of amides is 1. The number of benzene rings is 2. The number of aromatic nitrogens is 2. The van der Waals surface area contributed by atoms with Crippen molar-refractivity contribution in [2.24, 2.45) is 0 Å². The number of aliphatic hydroxyl groups is 1. The molecule has 3 N–H and O–H groups in total. The summed E-state index contributed by atoms with van der Waals surface area (Å²) in [5.41, 5.74) is 4.90. The van der Waals surface area contributed by atoms with Crippen molar-refractivity contribution >= 4 is 5.91 Å². The van der Waals surface area contributed by atoms with Crippen LogP contribution in [0.1, 0.15) is 65.5 Å². The third-order valence-corrected chi connectivity index (χ3v) is 6.16. The van der Waals surface area contributed by atoms with E-state index in [2.05, 4.69) is 10.2 Å². The lowest BCUT2D eigenvalue weighted by Gasteiger charge is -2.27. The fraction of sp³-hybridized carbons (Fsp3) is 0.407. The molecule has 3 aromatic rings. The number of H-pyrrole nitrogens is 1. The van der Waals surface area contributed by atoms with Crippen molar-refractivity contribution in [3.8, 4) is 28.5 Å². The third kappa shape index (κ3) is 4.58. The molecule has 8 heteroatoms. The average Bonchev–Trinajstić information content (AvgIpc) is 3.35. The van der Waals surface area contributed by atoms with Gasteiger partial charge in [-0.05, 0) is 68.5 Å². The van der Waals surface area contributed by atoms with Crippen LogP contribution >= 0.6 is 0 Å². The van der Waals surface area contributed by atoms with Gasteiger partial charge in [-0.25, -0.2) is 0 Å². The zero-order valence-corrected chi connectivity index (χ0v) is 20.7. The van der Waals surface area contributed by atoms with E-state index in [4.69, 9.17) is 9.47 Å². The molecule has 1 amide bonds. The fourth-order valence-corrected chi connectivity index (χ4v) is 4.75. The van der Waals surface area contributed by atoms with E-state index in [-0.39, 0.29) is 18.3 Å². The zero-order valence-electron chi connectivity index (χ0n) is 20.7. The lowest BCUT2D eigenvalue weighted by Crippen LogP contribution is -2.31. The Morgan fingerprint density at radius 2 is 1.91 bits per heavy atom. The van der Waals surface area contributed by atoms with Crippen molar-refractivity contribution in [3.63, 3.8) is 0 Å². The number of carbonyl (C=O) groups excluding carboxylic acids is 1. The number of phenols is 1. The Balaban J connectivity index is 1.88. The van der Waals surface area contributed by atoms with E-state index in [1.807, 2.05) is 52.0 Å². The second kappa shape index (κ2) is 10.4. The van der Waals surface area contributed by atoms with E-state index in [1.54, 1.807) is 11.0 Å². The summed E-state index contributed by atoms with van der Waals surface area (Å²) in [5.74, 6) is 1.20. The van der Waals surface area contributed by atoms with Crippen molar-refractivity contribution in [2.75, 3.05) is 26.4 Å². The molecule has 2 aromatic carbocycles. The molecule has 4 rings (SSSR count). The Morgan fingerprint density at radius 3 is 2.60 bits per heavy atom. The Bertz CT molecular complexity index is 1200. The van der Waals surface area contributed by atoms with Gasteiger partial charge in [0.05, 0.1) is 19.3 Å². The van der Waals surface area contributed by atoms with Crippen molar-refractivity contribution in [1.29, 1.82) is 0 Å². The monoisotopic (exact) mass is 479 g/mol. The first-order valence-corrected chi connectivity index (χ1v) is 12.1. The van der Waals surface area contributed by atoms with Gasteiger partial charge in [0.15, 0.2) is 11.5 Å². The van der Waals surface area contributed by atoms with Crippen LogP contribution in [0.4, 0.5) is 0 Å². The first-order chi connectivity index (χ1) is 16.9. The van der Waals surface area contributed by atoms with Gasteiger partial charge < -0.3 is 24.6 Å². The molecule has 2 heterocycles. The largest absolute Gasteiger partial charge is 0.507 e. The van der Waals surface area contributed by atoms with E-state index >= 15 is 0 Å². The predicted molar refractivity (Wildman–Crippen MR) is 133 cm³/mol. The number of aromatic hydroxyl groups is 1. The van der Waals surface area contributed by atoms with Gasteiger partial charge in [-0.2, -0.15) is 5.10 Å². The minimum absolute atomic E-state index is 0.0264. The number of ether oxygens (including phenoxy) is 2. The number of rotatable bonds is 10. The first kappa shape index (κ1) is 24.6. The third-order valence-electron chi connectivity index (χ3n) is 6.16. The van der Waals surface area contributed by atoms with Crippen LogP contribution in [0, 0.1) is 13.8 Å². The van der Waals surface area contributed by atoms with Crippen LogP contribution in [0.15, 0.2) is 30.3 Å². The van der Waals surface area contributed by atoms with Gasteiger partial charge in [-0.3, -0.25) is 9.89 Å². The number of aliphatic hydroxyl groups excluding tert-OH is 1. The molecule has 0 aliphatic carbocycles. The lowest BCUT2D eigenvalue weighted by molar-refractivity contribution is 0.0732. The van der Waals surface area contributed by atoms with Gasteiger partial charge in [-0.1, -0.05) is 19.1 Å². The molecule has 1 unspecified atom stereocenters. The van der Waals surface area contributed by atoms with Gasteiger partial charge in [0.25, 0.3) is 5.91 Å². The molecule has 0 saturated heterocycles. The lowest BCUT2D eigenvalue weighted by atomic mass is 9.93. The highest BCUT2D eigenvalue weighted by Gasteiger charge is 2.42. The summed E-state index contributed by atoms with van der Waals surface area (Å²) in [5, 5.41) is 27.7. The molecule has 1 aliphatic heterocycles. The maximum Gasteiger partial charge on any atom is 0.273 e. The van der Waals surface area contributed by atoms with Crippen LogP contribution < -0.4 is 9.47 Å². The van der Waals surface area contributed by atoms with Crippen molar-refractivity contribution in [2.45, 2.75) is 46.6 Å². The number of aromatic amines is 1. The molecular formula is C27H33N3O5. The highest BCUT2D eigenvalue weighted by atomic mass is 16.5. The molecule has 1 aliphatic rings. The van der Waals surface area contributed by atoms with E-state index in [9.17, 15) is 15.0 Å². The molecule has 0 saturated carbocycles. The summed E-state index contributed by atoms with van der Waals surface area (Å²) in [6, 6.07) is 8.94. The molecule has 8 nitrogen and oxygen atoms in total. The van der Waals surface area contributed by atoms with Crippen LogP contribution in [0.5, 0.6) is 17.2 Å². The summed E-state index contributed by atoms with van der Waals surface area (Å²) in [4.78, 5) is 15.2. The SMILES string of the molecule is CCCOc1ccc(C2c3c(-c4c(C)cc(C)cc4O)n[nH]c3C(=O)N2CCCO)cc1OCC. The van der Waals surface area contributed by atoms with Crippen LogP contribution in [0.3, 0.4) is 0 Å². The Labute approximate surface area is 205 Å². The van der Waals surface area contributed by atoms with Gasteiger partial charge >= 0.3 is 0 Å². The van der Waals surface area contributed by atoms with Crippen LogP contribution in [-0.4, -0.2) is 57.6 Å². The zero-order chi connectivity index (χ0) is 25.1. The number of phenolic OH excluding ortho intramolecular Hbond substituents is 1. The van der Waals surface area contributed by atoms with E-state index in [0.29, 0.717) is 60.2 Å². The summed E-state index contributed by atoms with van der Waals surface area (Å²) in [6.45, 7) is 9.20. The molecule has 186 valence electrons. The Kier molecular flexibility index (Phi) is 7.31. The van der Waals surface area contributed by atoms with Crippen LogP contribution in [0.25, 0.3) is 11.3 Å². The number of hydrogen-bond acceptors (Lipinski definition) is 6. The molecular weight excluding hydrogens is 446 g/mol. The van der Waals surface area contributed by atoms with Gasteiger partial charge in [0, 0.05) is 24.3 Å². The van der Waals surface area contributed by atoms with E-state index in [1.165, 1.54) is 0 Å². The Morgan fingerprint density at radius 1 is 1.11 bits per heavy atom. The van der Waals surface area contributed by atoms with E-state index in [0.717, 1.165) is 23.1 Å². The average molecular weight is 480 g/mol. The number of fused-ring (bicyclic) bond motifs is 1. The second-order valence-corrected chi connectivity index (χ2v) is 8.80. The van der Waals surface area contributed by atoms with Gasteiger partial charge in [0.1, 0.15) is 17.1 Å². The maximum atomic E-state index is 13.4. The topological polar surface area (TPSA) is 108 Å². The standard InChI is InChI=1S/C27H33N3O5/c1-5-12-35-20-9-8-18(15-21(20)34-6-2)26-23-24(22-17(4)13-16(3)14-19(22)32)28-29-25(23)27(33)30(26)10-7-11-31/h8-9,13-15,26,31-32H,5-7,10-12H2,1-4H3,(H,28,29). The summed E-state index contributed by atoms with van der Waals surface area (Å²) in [6.07, 6.45) is 1.32. The highest BCUT2D eigenvalue weighted by molar-refractivity contribution is 6.00. The summed E-state index contributed by atoms with van der Waals surface area (Å²) < 4.78 is 11.8. The van der Waals surface area contributed by atoms with Crippen molar-refractivity contribution in [1.82, 2.24) is 15.1 Å².